The van der Waals surface area contributed by atoms with E-state index < -0.39 is 47.3 Å². The fourth-order valence-electron chi connectivity index (χ4n) is 2.20. The Bertz CT molecular complexity index is 1000. The summed E-state index contributed by atoms with van der Waals surface area (Å²) in [7, 11) is 0. The predicted molar refractivity (Wildman–Crippen MR) is 94.9 cm³/mol. The highest BCUT2D eigenvalue weighted by molar-refractivity contribution is 7.98. The van der Waals surface area contributed by atoms with Crippen molar-refractivity contribution in [1.29, 1.82) is 0 Å². The van der Waals surface area contributed by atoms with Gasteiger partial charge in [-0.3, -0.25) is 9.48 Å². The predicted octanol–water partition coefficient (Wildman–Crippen LogP) is 4.35. The van der Waals surface area contributed by atoms with E-state index in [1.807, 2.05) is 30.3 Å². The molecule has 3 aromatic rings. The van der Waals surface area contributed by atoms with Gasteiger partial charge in [-0.25, -0.2) is 13.2 Å². The van der Waals surface area contributed by atoms with Gasteiger partial charge in [0.1, 0.15) is 0 Å². The summed E-state index contributed by atoms with van der Waals surface area (Å²) in [5.74, 6) is -12.9. The fraction of sp³-hybridized carbons (Fsp3) is 0.111. The normalized spacial score (nSPS) is 10.8. The Morgan fingerprint density at radius 3 is 2.28 bits per heavy atom. The van der Waals surface area contributed by atoms with E-state index in [2.05, 4.69) is 15.2 Å². The Morgan fingerprint density at radius 2 is 1.62 bits per heavy atom. The highest BCUT2D eigenvalue weighted by atomic mass is 32.2. The average Bonchev–Trinajstić information content (AvgIpc) is 3.17. The Hall–Kier alpha value is -3.08. The summed E-state index contributed by atoms with van der Waals surface area (Å²) in [6.45, 7) is -0.970. The SMILES string of the molecule is O=C(COc1c(F)c(F)c(F)c(F)c1F)Nc1cnn(CSc2ccccc2)c1. The molecule has 0 spiro atoms. The number of amides is 1. The number of halogens is 5. The molecule has 1 amide bonds. The summed E-state index contributed by atoms with van der Waals surface area (Å²) in [5.41, 5.74) is 0.268. The zero-order valence-electron chi connectivity index (χ0n) is 14.5. The zero-order valence-corrected chi connectivity index (χ0v) is 15.3. The first-order valence-electron chi connectivity index (χ1n) is 8.01. The Kier molecular flexibility index (Phi) is 6.37. The second-order valence-electron chi connectivity index (χ2n) is 5.59. The number of carbonyl (C=O) groups excluding carboxylic acids is 1. The van der Waals surface area contributed by atoms with Gasteiger partial charge in [-0.15, -0.1) is 11.8 Å². The third-order valence-electron chi connectivity index (χ3n) is 3.54. The first-order valence-corrected chi connectivity index (χ1v) is 8.99. The van der Waals surface area contributed by atoms with Crippen LogP contribution >= 0.6 is 11.8 Å². The molecule has 1 heterocycles. The number of anilines is 1. The zero-order chi connectivity index (χ0) is 21.0. The highest BCUT2D eigenvalue weighted by Crippen LogP contribution is 2.29. The van der Waals surface area contributed by atoms with E-state index in [0.29, 0.717) is 5.88 Å². The van der Waals surface area contributed by atoms with E-state index in [1.54, 1.807) is 0 Å². The van der Waals surface area contributed by atoms with Crippen LogP contribution in [0.5, 0.6) is 5.75 Å². The summed E-state index contributed by atoms with van der Waals surface area (Å²) in [5, 5.41) is 6.39. The van der Waals surface area contributed by atoms with E-state index in [4.69, 9.17) is 0 Å². The van der Waals surface area contributed by atoms with E-state index in [9.17, 15) is 26.7 Å². The molecule has 0 saturated carbocycles. The van der Waals surface area contributed by atoms with Crippen molar-refractivity contribution < 1.29 is 31.5 Å². The average molecular weight is 429 g/mol. The molecule has 0 aliphatic rings. The van der Waals surface area contributed by atoms with Gasteiger partial charge in [0.2, 0.25) is 29.1 Å². The monoisotopic (exact) mass is 429 g/mol. The van der Waals surface area contributed by atoms with Gasteiger partial charge in [0, 0.05) is 11.1 Å². The van der Waals surface area contributed by atoms with Gasteiger partial charge >= 0.3 is 0 Å². The number of nitrogens with one attached hydrogen (secondary N) is 1. The molecule has 11 heteroatoms. The number of thioether (sulfide) groups is 1. The number of rotatable bonds is 7. The minimum absolute atomic E-state index is 0.268. The minimum Gasteiger partial charge on any atom is -0.477 e. The number of hydrogen-bond acceptors (Lipinski definition) is 4. The summed E-state index contributed by atoms with van der Waals surface area (Å²) in [6, 6.07) is 9.52. The molecule has 0 fully saturated rings. The van der Waals surface area contributed by atoms with Crippen molar-refractivity contribution in [3.8, 4) is 5.75 Å². The van der Waals surface area contributed by atoms with Crippen LogP contribution in [-0.2, 0) is 10.7 Å². The summed E-state index contributed by atoms with van der Waals surface area (Å²) in [6.07, 6.45) is 2.84. The molecule has 3 rings (SSSR count). The summed E-state index contributed by atoms with van der Waals surface area (Å²) >= 11 is 1.50. The van der Waals surface area contributed by atoms with E-state index in [0.717, 1.165) is 4.90 Å². The van der Waals surface area contributed by atoms with Crippen molar-refractivity contribution in [2.24, 2.45) is 0 Å². The lowest BCUT2D eigenvalue weighted by atomic mass is 10.2. The molecule has 0 aliphatic heterocycles. The third-order valence-corrected chi connectivity index (χ3v) is 4.54. The van der Waals surface area contributed by atoms with Crippen LogP contribution in [0.2, 0.25) is 0 Å². The van der Waals surface area contributed by atoms with Crippen molar-refractivity contribution in [3.05, 3.63) is 71.8 Å². The lowest BCUT2D eigenvalue weighted by Crippen LogP contribution is -2.21. The number of nitrogens with zero attached hydrogens (tertiary/aromatic N) is 2. The molecule has 5 nitrogen and oxygen atoms in total. The molecule has 2 aromatic carbocycles. The lowest BCUT2D eigenvalue weighted by Gasteiger charge is -2.10. The first kappa shape index (κ1) is 20.6. The standard InChI is InChI=1S/C18H12F5N3O2S/c19-13-14(20)16(22)18(17(23)15(13)21)28-8-12(27)25-10-6-24-26(7-10)9-29-11-4-2-1-3-5-11/h1-7H,8-9H2,(H,25,27). The van der Waals surface area contributed by atoms with Crippen LogP contribution in [0.3, 0.4) is 0 Å². The second-order valence-corrected chi connectivity index (χ2v) is 6.61. The van der Waals surface area contributed by atoms with Gasteiger partial charge < -0.3 is 10.1 Å². The summed E-state index contributed by atoms with van der Waals surface area (Å²) in [4.78, 5) is 12.9. The highest BCUT2D eigenvalue weighted by Gasteiger charge is 2.27. The number of aromatic nitrogens is 2. The fourth-order valence-corrected chi connectivity index (χ4v) is 2.97. The topological polar surface area (TPSA) is 56.1 Å². The number of benzene rings is 2. The van der Waals surface area contributed by atoms with Crippen molar-refractivity contribution in [1.82, 2.24) is 9.78 Å². The maximum Gasteiger partial charge on any atom is 0.262 e. The van der Waals surface area contributed by atoms with Gasteiger partial charge in [-0.1, -0.05) is 18.2 Å². The largest absolute Gasteiger partial charge is 0.477 e. The van der Waals surface area contributed by atoms with Gasteiger partial charge in [0.05, 0.1) is 17.8 Å². The quantitative estimate of drug-likeness (QED) is 0.263. The number of ether oxygens (including phenoxy) is 1. The Morgan fingerprint density at radius 1 is 1.00 bits per heavy atom. The van der Waals surface area contributed by atoms with Crippen LogP contribution in [0.15, 0.2) is 47.6 Å². The molecule has 0 bridgehead atoms. The van der Waals surface area contributed by atoms with Crippen LogP contribution in [0.4, 0.5) is 27.6 Å². The molecule has 0 aliphatic carbocycles. The molecule has 0 radical (unpaired) electrons. The second kappa shape index (κ2) is 8.95. The van der Waals surface area contributed by atoms with Crippen molar-refractivity contribution >= 4 is 23.4 Å². The third kappa shape index (κ3) is 4.86. The minimum atomic E-state index is -2.31. The Balaban J connectivity index is 1.56. The van der Waals surface area contributed by atoms with Crippen LogP contribution < -0.4 is 10.1 Å². The maximum atomic E-state index is 13.5. The van der Waals surface area contributed by atoms with E-state index in [-0.39, 0.29) is 5.69 Å². The molecule has 0 atom stereocenters. The van der Waals surface area contributed by atoms with Gasteiger partial charge in [0.25, 0.3) is 5.91 Å². The maximum absolute atomic E-state index is 13.5. The Labute approximate surface area is 165 Å². The van der Waals surface area contributed by atoms with Gasteiger partial charge in [0.15, 0.2) is 12.4 Å². The van der Waals surface area contributed by atoms with E-state index in [1.165, 1.54) is 28.8 Å². The molecular weight excluding hydrogens is 417 g/mol. The molecule has 1 N–H and O–H groups in total. The van der Waals surface area contributed by atoms with Crippen LogP contribution in [0.1, 0.15) is 0 Å². The lowest BCUT2D eigenvalue weighted by molar-refractivity contribution is -0.118. The van der Waals surface area contributed by atoms with Crippen LogP contribution in [-0.4, -0.2) is 22.3 Å². The first-order chi connectivity index (χ1) is 13.9. The molecule has 0 saturated heterocycles. The van der Waals surface area contributed by atoms with Crippen LogP contribution in [0, 0.1) is 29.1 Å². The van der Waals surface area contributed by atoms with Crippen LogP contribution in [0.25, 0.3) is 0 Å². The van der Waals surface area contributed by atoms with Gasteiger partial charge in [-0.05, 0) is 12.1 Å². The summed E-state index contributed by atoms with van der Waals surface area (Å²) < 4.78 is 72.3. The molecule has 0 unspecified atom stereocenters. The van der Waals surface area contributed by atoms with Gasteiger partial charge in [-0.2, -0.15) is 13.9 Å². The molecule has 152 valence electrons. The molecule has 1 aromatic heterocycles. The number of carbonyl (C=O) groups is 1. The molecule has 29 heavy (non-hydrogen) atoms. The smallest absolute Gasteiger partial charge is 0.262 e. The van der Waals surface area contributed by atoms with Crippen molar-refractivity contribution in [2.45, 2.75) is 10.8 Å². The van der Waals surface area contributed by atoms with Crippen molar-refractivity contribution in [3.63, 3.8) is 0 Å². The molecular formula is C18H12F5N3O2S. The van der Waals surface area contributed by atoms with E-state index >= 15 is 0 Å². The number of hydrogen-bond donors (Lipinski definition) is 1. The van der Waals surface area contributed by atoms with Crippen molar-refractivity contribution in [2.75, 3.05) is 11.9 Å².